The molecule has 2 rings (SSSR count). The number of benzene rings is 1. The van der Waals surface area contributed by atoms with Gasteiger partial charge >= 0.3 is 0 Å². The van der Waals surface area contributed by atoms with Crippen molar-refractivity contribution in [3.63, 3.8) is 0 Å². The monoisotopic (exact) mass is 262 g/mol. The SMILES string of the molecule is COc1ccccc1CN(C)C1CCC(C)(C)C1N. The quantitative estimate of drug-likeness (QED) is 0.906. The second-order valence-corrected chi connectivity index (χ2v) is 6.35. The third-order valence-corrected chi connectivity index (χ3v) is 4.58. The van der Waals surface area contributed by atoms with Gasteiger partial charge in [-0.15, -0.1) is 0 Å². The minimum Gasteiger partial charge on any atom is -0.496 e. The zero-order valence-electron chi connectivity index (χ0n) is 12.5. The van der Waals surface area contributed by atoms with Crippen molar-refractivity contribution < 1.29 is 4.74 Å². The minimum absolute atomic E-state index is 0.243. The average Bonchev–Trinajstić information content (AvgIpc) is 2.65. The van der Waals surface area contributed by atoms with Crippen molar-refractivity contribution in [3.8, 4) is 5.75 Å². The lowest BCUT2D eigenvalue weighted by Crippen LogP contribution is -2.47. The minimum atomic E-state index is 0.243. The summed E-state index contributed by atoms with van der Waals surface area (Å²) in [4.78, 5) is 2.37. The molecular formula is C16H26N2O. The average molecular weight is 262 g/mol. The van der Waals surface area contributed by atoms with Crippen LogP contribution in [-0.2, 0) is 6.54 Å². The zero-order valence-corrected chi connectivity index (χ0v) is 12.5. The molecule has 0 amide bonds. The summed E-state index contributed by atoms with van der Waals surface area (Å²) in [5.41, 5.74) is 7.88. The van der Waals surface area contributed by atoms with Crippen LogP contribution in [0.4, 0.5) is 0 Å². The highest BCUT2D eigenvalue weighted by molar-refractivity contribution is 5.33. The molecule has 3 nitrogen and oxygen atoms in total. The number of nitrogens with two attached hydrogens (primary N) is 1. The Balaban J connectivity index is 2.07. The van der Waals surface area contributed by atoms with Crippen LogP contribution in [0.2, 0.25) is 0 Å². The molecule has 2 N–H and O–H groups in total. The molecule has 0 spiro atoms. The van der Waals surface area contributed by atoms with E-state index in [1.807, 2.05) is 12.1 Å². The Kier molecular flexibility index (Phi) is 4.16. The van der Waals surface area contributed by atoms with Gasteiger partial charge in [-0.3, -0.25) is 4.90 Å². The number of rotatable bonds is 4. The first-order chi connectivity index (χ1) is 8.95. The van der Waals surface area contributed by atoms with E-state index >= 15 is 0 Å². The summed E-state index contributed by atoms with van der Waals surface area (Å²) in [6.45, 7) is 5.43. The molecule has 0 aromatic heterocycles. The molecule has 1 saturated carbocycles. The Hall–Kier alpha value is -1.06. The first-order valence-electron chi connectivity index (χ1n) is 7.03. The highest BCUT2D eigenvalue weighted by atomic mass is 16.5. The van der Waals surface area contributed by atoms with E-state index in [9.17, 15) is 0 Å². The largest absolute Gasteiger partial charge is 0.496 e. The van der Waals surface area contributed by atoms with E-state index in [2.05, 4.69) is 37.9 Å². The van der Waals surface area contributed by atoms with Gasteiger partial charge in [-0.2, -0.15) is 0 Å². The van der Waals surface area contributed by atoms with E-state index in [0.717, 1.165) is 12.3 Å². The van der Waals surface area contributed by atoms with Crippen molar-refractivity contribution in [1.82, 2.24) is 4.90 Å². The van der Waals surface area contributed by atoms with Gasteiger partial charge < -0.3 is 10.5 Å². The number of likely N-dealkylation sites (N-methyl/N-ethyl adjacent to an activating group) is 1. The maximum absolute atomic E-state index is 6.41. The topological polar surface area (TPSA) is 38.5 Å². The molecule has 3 heteroatoms. The van der Waals surface area contributed by atoms with Gasteiger partial charge in [0, 0.05) is 24.2 Å². The van der Waals surface area contributed by atoms with Crippen LogP contribution in [-0.4, -0.2) is 31.1 Å². The summed E-state index contributed by atoms with van der Waals surface area (Å²) in [7, 11) is 3.89. The third kappa shape index (κ3) is 2.93. The molecule has 1 fully saturated rings. The zero-order chi connectivity index (χ0) is 14.0. The van der Waals surface area contributed by atoms with Crippen LogP contribution in [0.5, 0.6) is 5.75 Å². The molecule has 0 bridgehead atoms. The molecule has 19 heavy (non-hydrogen) atoms. The van der Waals surface area contributed by atoms with Gasteiger partial charge in [-0.05, 0) is 31.4 Å². The van der Waals surface area contributed by atoms with Gasteiger partial charge in [0.2, 0.25) is 0 Å². The molecule has 1 aliphatic carbocycles. The van der Waals surface area contributed by atoms with Gasteiger partial charge in [0.15, 0.2) is 0 Å². The number of ether oxygens (including phenoxy) is 1. The lowest BCUT2D eigenvalue weighted by atomic mass is 9.87. The first kappa shape index (κ1) is 14.4. The lowest BCUT2D eigenvalue weighted by Gasteiger charge is -2.32. The third-order valence-electron chi connectivity index (χ3n) is 4.58. The van der Waals surface area contributed by atoms with Crippen LogP contribution in [0, 0.1) is 5.41 Å². The van der Waals surface area contributed by atoms with Gasteiger partial charge in [0.05, 0.1) is 7.11 Å². The fourth-order valence-electron chi connectivity index (χ4n) is 3.10. The molecule has 2 atom stereocenters. The predicted octanol–water partition coefficient (Wildman–Crippen LogP) is 2.64. The Morgan fingerprint density at radius 2 is 2.05 bits per heavy atom. The maximum atomic E-state index is 6.41. The van der Waals surface area contributed by atoms with Gasteiger partial charge in [-0.25, -0.2) is 0 Å². The highest BCUT2D eigenvalue weighted by Gasteiger charge is 2.41. The number of para-hydroxylation sites is 1. The maximum Gasteiger partial charge on any atom is 0.123 e. The van der Waals surface area contributed by atoms with E-state index in [1.54, 1.807) is 7.11 Å². The summed E-state index contributed by atoms with van der Waals surface area (Å²) in [6.07, 6.45) is 2.38. The first-order valence-corrected chi connectivity index (χ1v) is 7.03. The Morgan fingerprint density at radius 1 is 1.37 bits per heavy atom. The second kappa shape index (κ2) is 5.51. The van der Waals surface area contributed by atoms with Crippen molar-refractivity contribution >= 4 is 0 Å². The van der Waals surface area contributed by atoms with Gasteiger partial charge in [0.25, 0.3) is 0 Å². The second-order valence-electron chi connectivity index (χ2n) is 6.35. The van der Waals surface area contributed by atoms with E-state index in [4.69, 9.17) is 10.5 Å². The van der Waals surface area contributed by atoms with Crippen LogP contribution < -0.4 is 10.5 Å². The molecule has 0 radical (unpaired) electrons. The summed E-state index contributed by atoms with van der Waals surface area (Å²) in [5.74, 6) is 0.958. The van der Waals surface area contributed by atoms with E-state index in [0.29, 0.717) is 6.04 Å². The number of nitrogens with zero attached hydrogens (tertiary/aromatic N) is 1. The molecule has 1 aromatic carbocycles. The Morgan fingerprint density at radius 3 is 2.63 bits per heavy atom. The molecular weight excluding hydrogens is 236 g/mol. The summed E-state index contributed by atoms with van der Waals surface area (Å²) >= 11 is 0. The van der Waals surface area contributed by atoms with Gasteiger partial charge in [-0.1, -0.05) is 32.0 Å². The van der Waals surface area contributed by atoms with Crippen molar-refractivity contribution in [2.75, 3.05) is 14.2 Å². The Labute approximate surface area is 116 Å². The van der Waals surface area contributed by atoms with Crippen molar-refractivity contribution in [3.05, 3.63) is 29.8 Å². The summed E-state index contributed by atoms with van der Waals surface area (Å²) in [6, 6.07) is 8.91. The van der Waals surface area contributed by atoms with E-state index in [-0.39, 0.29) is 11.5 Å². The molecule has 1 aliphatic rings. The number of methoxy groups -OCH3 is 1. The van der Waals surface area contributed by atoms with Crippen LogP contribution in [0.3, 0.4) is 0 Å². The van der Waals surface area contributed by atoms with Gasteiger partial charge in [0.1, 0.15) is 5.75 Å². The highest BCUT2D eigenvalue weighted by Crippen LogP contribution is 2.38. The summed E-state index contributed by atoms with van der Waals surface area (Å²) < 4.78 is 5.42. The van der Waals surface area contributed by atoms with Crippen molar-refractivity contribution in [1.29, 1.82) is 0 Å². The van der Waals surface area contributed by atoms with E-state index in [1.165, 1.54) is 18.4 Å². The Bertz CT molecular complexity index is 431. The fourth-order valence-corrected chi connectivity index (χ4v) is 3.10. The molecule has 0 heterocycles. The molecule has 0 saturated heterocycles. The van der Waals surface area contributed by atoms with Crippen LogP contribution in [0.1, 0.15) is 32.3 Å². The van der Waals surface area contributed by atoms with E-state index < -0.39 is 0 Å². The molecule has 1 aromatic rings. The smallest absolute Gasteiger partial charge is 0.123 e. The van der Waals surface area contributed by atoms with Crippen molar-refractivity contribution in [2.24, 2.45) is 11.1 Å². The summed E-state index contributed by atoms with van der Waals surface area (Å²) in [5, 5.41) is 0. The van der Waals surface area contributed by atoms with Crippen LogP contribution >= 0.6 is 0 Å². The molecule has 2 unspecified atom stereocenters. The van der Waals surface area contributed by atoms with Crippen LogP contribution in [0.25, 0.3) is 0 Å². The van der Waals surface area contributed by atoms with Crippen molar-refractivity contribution in [2.45, 2.75) is 45.3 Å². The molecule has 0 aliphatic heterocycles. The van der Waals surface area contributed by atoms with Crippen LogP contribution in [0.15, 0.2) is 24.3 Å². The molecule has 106 valence electrons. The standard InChI is InChI=1S/C16H26N2O/c1-16(2)10-9-13(15(16)17)18(3)11-12-7-5-6-8-14(12)19-4/h5-8,13,15H,9-11,17H2,1-4H3. The lowest BCUT2D eigenvalue weighted by molar-refractivity contribution is 0.190. The number of hydrogen-bond donors (Lipinski definition) is 1. The fraction of sp³-hybridized carbons (Fsp3) is 0.625. The predicted molar refractivity (Wildman–Crippen MR) is 79.2 cm³/mol. The normalized spacial score (nSPS) is 25.8. The number of hydrogen-bond acceptors (Lipinski definition) is 3.